The van der Waals surface area contributed by atoms with Crippen molar-refractivity contribution >= 4 is 21.6 Å². The van der Waals surface area contributed by atoms with Crippen LogP contribution in [0.1, 0.15) is 16.7 Å². The highest BCUT2D eigenvalue weighted by atomic mass is 32.1. The molecule has 1 heterocycles. The number of rotatable bonds is 2. The van der Waals surface area contributed by atoms with Crippen molar-refractivity contribution in [1.82, 2.24) is 0 Å². The summed E-state index contributed by atoms with van der Waals surface area (Å²) in [6.07, 6.45) is 0. The van der Waals surface area contributed by atoms with E-state index in [0.29, 0.717) is 0 Å². The number of nitrogens with zero attached hydrogens (tertiary/aromatic N) is 1. The van der Waals surface area contributed by atoms with Crippen molar-refractivity contribution in [1.29, 1.82) is 0 Å². The van der Waals surface area contributed by atoms with Gasteiger partial charge in [0, 0.05) is 11.6 Å². The van der Waals surface area contributed by atoms with Gasteiger partial charge in [0.1, 0.15) is 4.70 Å². The van der Waals surface area contributed by atoms with Gasteiger partial charge in [-0.15, -0.1) is 0 Å². The molecule has 90 valence electrons. The highest BCUT2D eigenvalue weighted by Crippen LogP contribution is 2.18. The molecule has 3 aromatic rings. The Hall–Kier alpha value is -1.67. The van der Waals surface area contributed by atoms with Crippen LogP contribution in [0, 0.1) is 13.8 Å². The second-order valence-corrected chi connectivity index (χ2v) is 5.64. The predicted molar refractivity (Wildman–Crippen MR) is 77.0 cm³/mol. The lowest BCUT2D eigenvalue weighted by molar-refractivity contribution is -0.658. The Kier molecular flexibility index (Phi) is 2.88. The molecule has 0 aliphatic rings. The molecule has 0 N–H and O–H groups in total. The average Bonchev–Trinajstić information content (AvgIpc) is 2.74. The van der Waals surface area contributed by atoms with Gasteiger partial charge < -0.3 is 0 Å². The minimum absolute atomic E-state index is 0.954. The Balaban J connectivity index is 2.03. The van der Waals surface area contributed by atoms with E-state index in [0.717, 1.165) is 6.54 Å². The summed E-state index contributed by atoms with van der Waals surface area (Å²) in [7, 11) is 0. The first-order chi connectivity index (χ1) is 8.74. The Morgan fingerprint density at radius 2 is 1.89 bits per heavy atom. The molecular formula is C16H16NS+. The molecule has 1 nitrogen and oxygen atoms in total. The summed E-state index contributed by atoms with van der Waals surface area (Å²) in [4.78, 5) is 0. The Bertz CT molecular complexity index is 697. The maximum atomic E-state index is 2.34. The van der Waals surface area contributed by atoms with Crippen LogP contribution in [0.15, 0.2) is 48.0 Å². The number of fused-ring (bicyclic) bond motifs is 1. The van der Waals surface area contributed by atoms with Crippen LogP contribution in [-0.2, 0) is 6.54 Å². The van der Waals surface area contributed by atoms with Gasteiger partial charge in [-0.1, -0.05) is 41.7 Å². The molecule has 0 unspecified atom stereocenters. The van der Waals surface area contributed by atoms with Crippen molar-refractivity contribution < 1.29 is 4.57 Å². The fraction of sp³-hybridized carbons (Fsp3) is 0.188. The topological polar surface area (TPSA) is 3.88 Å². The van der Waals surface area contributed by atoms with E-state index >= 15 is 0 Å². The van der Waals surface area contributed by atoms with Crippen LogP contribution in [0.3, 0.4) is 0 Å². The van der Waals surface area contributed by atoms with E-state index in [1.54, 1.807) is 0 Å². The molecule has 0 spiro atoms. The van der Waals surface area contributed by atoms with Crippen LogP contribution in [0.4, 0.5) is 0 Å². The zero-order chi connectivity index (χ0) is 12.5. The standard InChI is InChI=1S/C16H16NS/c1-12-7-8-15-16(9-12)18-11-17(15)10-14-6-4-3-5-13(14)2/h3-9,11H,10H2,1-2H3/q+1. The van der Waals surface area contributed by atoms with E-state index in [1.807, 2.05) is 11.3 Å². The summed E-state index contributed by atoms with van der Waals surface area (Å²) in [5, 5.41) is 0. The quantitative estimate of drug-likeness (QED) is 0.612. The van der Waals surface area contributed by atoms with Crippen LogP contribution in [0.2, 0.25) is 0 Å². The lowest BCUT2D eigenvalue weighted by atomic mass is 10.1. The van der Waals surface area contributed by atoms with Crippen LogP contribution in [0.5, 0.6) is 0 Å². The van der Waals surface area contributed by atoms with Gasteiger partial charge in [0.2, 0.25) is 11.0 Å². The molecule has 18 heavy (non-hydrogen) atoms. The van der Waals surface area contributed by atoms with E-state index in [1.165, 1.54) is 26.9 Å². The van der Waals surface area contributed by atoms with Gasteiger partial charge >= 0.3 is 0 Å². The molecule has 0 radical (unpaired) electrons. The lowest BCUT2D eigenvalue weighted by Crippen LogP contribution is -2.32. The third kappa shape index (κ3) is 2.04. The summed E-state index contributed by atoms with van der Waals surface area (Å²) >= 11 is 1.82. The molecule has 2 aromatic carbocycles. The summed E-state index contributed by atoms with van der Waals surface area (Å²) < 4.78 is 3.70. The van der Waals surface area contributed by atoms with Crippen molar-refractivity contribution in [3.63, 3.8) is 0 Å². The smallest absolute Gasteiger partial charge is 0.184 e. The molecule has 3 rings (SSSR count). The first-order valence-electron chi connectivity index (χ1n) is 6.16. The molecule has 0 bridgehead atoms. The van der Waals surface area contributed by atoms with E-state index < -0.39 is 0 Å². The molecule has 0 saturated carbocycles. The maximum absolute atomic E-state index is 2.34. The molecule has 2 heteroatoms. The monoisotopic (exact) mass is 254 g/mol. The second-order valence-electron chi connectivity index (χ2n) is 4.75. The Morgan fingerprint density at radius 1 is 1.06 bits per heavy atom. The first-order valence-corrected chi connectivity index (χ1v) is 7.04. The third-order valence-electron chi connectivity index (χ3n) is 3.33. The average molecular weight is 254 g/mol. The second kappa shape index (κ2) is 4.54. The summed E-state index contributed by atoms with van der Waals surface area (Å²) in [6, 6.07) is 15.3. The highest BCUT2D eigenvalue weighted by molar-refractivity contribution is 7.16. The highest BCUT2D eigenvalue weighted by Gasteiger charge is 2.12. The minimum atomic E-state index is 0.954. The van der Waals surface area contributed by atoms with E-state index in [2.05, 4.69) is 66.4 Å². The van der Waals surface area contributed by atoms with Crippen molar-refractivity contribution in [2.24, 2.45) is 0 Å². The van der Waals surface area contributed by atoms with Crippen molar-refractivity contribution in [2.75, 3.05) is 0 Å². The number of benzene rings is 2. The molecule has 1 aromatic heterocycles. The summed E-state index contributed by atoms with van der Waals surface area (Å²) in [5.41, 5.74) is 7.62. The Morgan fingerprint density at radius 3 is 2.72 bits per heavy atom. The molecule has 0 amide bonds. The van der Waals surface area contributed by atoms with Crippen molar-refractivity contribution in [3.8, 4) is 0 Å². The van der Waals surface area contributed by atoms with Crippen LogP contribution in [-0.4, -0.2) is 0 Å². The number of hydrogen-bond acceptors (Lipinski definition) is 1. The third-order valence-corrected chi connectivity index (χ3v) is 4.27. The first kappa shape index (κ1) is 11.4. The number of thiazole rings is 1. The number of aromatic nitrogens is 1. The normalized spacial score (nSPS) is 11.0. The maximum Gasteiger partial charge on any atom is 0.226 e. The number of hydrogen-bond donors (Lipinski definition) is 0. The van der Waals surface area contributed by atoms with Crippen molar-refractivity contribution in [2.45, 2.75) is 20.4 Å². The molecule has 0 atom stereocenters. The number of aryl methyl sites for hydroxylation is 2. The Labute approximate surface area is 111 Å². The minimum Gasteiger partial charge on any atom is -0.184 e. The SMILES string of the molecule is Cc1ccc2c(c1)sc[n+]2Cc1ccccc1C. The van der Waals surface area contributed by atoms with Crippen molar-refractivity contribution in [3.05, 3.63) is 64.7 Å². The summed E-state index contributed by atoms with van der Waals surface area (Å²) in [5.74, 6) is 0. The molecule has 0 fully saturated rings. The van der Waals surface area contributed by atoms with Gasteiger partial charge in [-0.05, 0) is 31.0 Å². The van der Waals surface area contributed by atoms with Gasteiger partial charge in [-0.2, -0.15) is 4.57 Å². The van der Waals surface area contributed by atoms with Crippen LogP contribution < -0.4 is 4.57 Å². The lowest BCUT2D eigenvalue weighted by Gasteiger charge is -2.00. The summed E-state index contributed by atoms with van der Waals surface area (Å²) in [6.45, 7) is 5.27. The molecule has 0 aliphatic carbocycles. The molecule has 0 saturated heterocycles. The predicted octanol–water partition coefficient (Wildman–Crippen LogP) is 3.85. The van der Waals surface area contributed by atoms with Gasteiger partial charge in [0.05, 0.1) is 0 Å². The molecular weight excluding hydrogens is 238 g/mol. The van der Waals surface area contributed by atoms with E-state index in [-0.39, 0.29) is 0 Å². The van der Waals surface area contributed by atoms with Gasteiger partial charge in [-0.25, -0.2) is 0 Å². The van der Waals surface area contributed by atoms with E-state index in [9.17, 15) is 0 Å². The zero-order valence-electron chi connectivity index (χ0n) is 10.7. The van der Waals surface area contributed by atoms with E-state index in [4.69, 9.17) is 0 Å². The van der Waals surface area contributed by atoms with Gasteiger partial charge in [0.15, 0.2) is 6.54 Å². The fourth-order valence-electron chi connectivity index (χ4n) is 2.22. The van der Waals surface area contributed by atoms with Crippen LogP contribution >= 0.6 is 11.3 Å². The van der Waals surface area contributed by atoms with Gasteiger partial charge in [-0.3, -0.25) is 0 Å². The fourth-order valence-corrected chi connectivity index (χ4v) is 3.21. The zero-order valence-corrected chi connectivity index (χ0v) is 11.5. The van der Waals surface area contributed by atoms with Gasteiger partial charge in [0.25, 0.3) is 0 Å². The van der Waals surface area contributed by atoms with Crippen LogP contribution in [0.25, 0.3) is 10.2 Å². The molecule has 0 aliphatic heterocycles. The largest absolute Gasteiger partial charge is 0.226 e.